The van der Waals surface area contributed by atoms with Crippen LogP contribution in [0.5, 0.6) is 0 Å². The number of rotatable bonds is 4. The van der Waals surface area contributed by atoms with Crippen LogP contribution < -0.4 is 5.43 Å². The minimum atomic E-state index is 0.605. The first-order valence-corrected chi connectivity index (χ1v) is 9.55. The largest absolute Gasteiger partial charge is 0.278 e. The predicted octanol–water partition coefficient (Wildman–Crippen LogP) is 5.47. The molecule has 0 radical (unpaired) electrons. The Kier molecular flexibility index (Phi) is 4.93. The summed E-state index contributed by atoms with van der Waals surface area (Å²) >= 11 is 5.77. The van der Waals surface area contributed by atoms with Crippen LogP contribution in [-0.4, -0.2) is 15.5 Å². The lowest BCUT2D eigenvalue weighted by molar-refractivity contribution is 0.904. The Hall–Kier alpha value is -0.910. The molecule has 0 bridgehead atoms. The maximum atomic E-state index is 4.56. The van der Waals surface area contributed by atoms with Gasteiger partial charge in [0.25, 0.3) is 0 Å². The average Bonchev–Trinajstić information content (AvgIpc) is 3.05. The summed E-state index contributed by atoms with van der Waals surface area (Å²) in [7, 11) is 0. The van der Waals surface area contributed by atoms with Crippen LogP contribution in [0.25, 0.3) is 0 Å². The Labute approximate surface area is 138 Å². The zero-order valence-electron chi connectivity index (χ0n) is 12.1. The third kappa shape index (κ3) is 4.05. The van der Waals surface area contributed by atoms with E-state index in [0.717, 1.165) is 12.1 Å². The van der Waals surface area contributed by atoms with Crippen molar-refractivity contribution in [3.8, 4) is 0 Å². The third-order valence-electron chi connectivity index (χ3n) is 3.29. The quantitative estimate of drug-likeness (QED) is 0.750. The molecule has 2 atom stereocenters. The molecule has 1 aliphatic rings. The van der Waals surface area contributed by atoms with Crippen molar-refractivity contribution in [1.29, 1.82) is 0 Å². The van der Waals surface area contributed by atoms with Crippen LogP contribution >= 0.6 is 34.9 Å². The van der Waals surface area contributed by atoms with E-state index in [1.807, 2.05) is 65.2 Å². The van der Waals surface area contributed by atoms with Gasteiger partial charge in [0.2, 0.25) is 0 Å². The highest BCUT2D eigenvalue weighted by Crippen LogP contribution is 2.42. The lowest BCUT2D eigenvalue weighted by atomic mass is 10.2. The van der Waals surface area contributed by atoms with Crippen molar-refractivity contribution in [2.24, 2.45) is 5.10 Å². The van der Waals surface area contributed by atoms with Crippen LogP contribution in [0, 0.1) is 6.92 Å². The van der Waals surface area contributed by atoms with Crippen molar-refractivity contribution in [1.82, 2.24) is 0 Å². The molecule has 2 aromatic rings. The molecule has 1 fully saturated rings. The topological polar surface area (TPSA) is 24.4 Å². The van der Waals surface area contributed by atoms with Crippen molar-refractivity contribution < 1.29 is 0 Å². The van der Waals surface area contributed by atoms with E-state index in [4.69, 9.17) is 0 Å². The van der Waals surface area contributed by atoms with Gasteiger partial charge in [-0.15, -0.1) is 34.9 Å². The number of hydrazone groups is 1. The van der Waals surface area contributed by atoms with E-state index in [0.29, 0.717) is 10.5 Å². The second-order valence-corrected chi connectivity index (χ2v) is 9.31. The Bertz CT molecular complexity index is 621. The molecular weight excluding hydrogens is 316 g/mol. The molecule has 1 N–H and O–H groups in total. The van der Waals surface area contributed by atoms with E-state index >= 15 is 0 Å². The minimum absolute atomic E-state index is 0.605. The highest BCUT2D eigenvalue weighted by atomic mass is 32.2. The molecule has 0 spiro atoms. The molecule has 21 heavy (non-hydrogen) atoms. The molecule has 3 rings (SSSR count). The van der Waals surface area contributed by atoms with Gasteiger partial charge in [-0.1, -0.05) is 25.1 Å². The Morgan fingerprint density at radius 1 is 1.19 bits per heavy atom. The Morgan fingerprint density at radius 2 is 2.00 bits per heavy atom. The molecule has 1 aromatic heterocycles. The Balaban J connectivity index is 1.60. The highest BCUT2D eigenvalue weighted by molar-refractivity contribution is 8.16. The summed E-state index contributed by atoms with van der Waals surface area (Å²) < 4.78 is 1.42. The van der Waals surface area contributed by atoms with Gasteiger partial charge in [-0.3, -0.25) is 5.43 Å². The lowest BCUT2D eigenvalue weighted by Gasteiger charge is -2.10. The first-order chi connectivity index (χ1) is 10.2. The third-order valence-corrected chi connectivity index (χ3v) is 7.27. The van der Waals surface area contributed by atoms with E-state index in [9.17, 15) is 0 Å². The first kappa shape index (κ1) is 15.0. The van der Waals surface area contributed by atoms with E-state index in [-0.39, 0.29) is 0 Å². The molecule has 0 amide bonds. The number of benzene rings is 1. The number of nitrogens with one attached hydrogen (secondary N) is 1. The second-order valence-electron chi connectivity index (χ2n) is 5.03. The summed E-state index contributed by atoms with van der Waals surface area (Å²) in [4.78, 5) is 1.38. The monoisotopic (exact) mass is 334 g/mol. The van der Waals surface area contributed by atoms with E-state index in [2.05, 4.69) is 36.5 Å². The number of thiophene rings is 1. The zero-order valence-corrected chi connectivity index (χ0v) is 14.5. The van der Waals surface area contributed by atoms with Gasteiger partial charge in [0, 0.05) is 21.8 Å². The number of aryl methyl sites for hydroxylation is 1. The molecule has 0 saturated carbocycles. The first-order valence-electron chi connectivity index (χ1n) is 6.98. The molecule has 2 unspecified atom stereocenters. The van der Waals surface area contributed by atoms with Crippen molar-refractivity contribution in [3.05, 3.63) is 47.3 Å². The predicted molar refractivity (Wildman–Crippen MR) is 97.9 cm³/mol. The van der Waals surface area contributed by atoms with Crippen LogP contribution in [-0.2, 0) is 0 Å². The van der Waals surface area contributed by atoms with Crippen LogP contribution in [0.3, 0.4) is 0 Å². The van der Waals surface area contributed by atoms with Gasteiger partial charge in [0.1, 0.15) is 0 Å². The van der Waals surface area contributed by atoms with Crippen molar-refractivity contribution >= 4 is 45.6 Å². The summed E-state index contributed by atoms with van der Waals surface area (Å²) in [5.74, 6) is 0. The molecule has 1 saturated heterocycles. The van der Waals surface area contributed by atoms with Gasteiger partial charge < -0.3 is 0 Å². The highest BCUT2D eigenvalue weighted by Gasteiger charge is 2.30. The normalized spacial score (nSPS) is 23.6. The summed E-state index contributed by atoms with van der Waals surface area (Å²) in [6, 6.07) is 14.6. The van der Waals surface area contributed by atoms with Gasteiger partial charge in [-0.2, -0.15) is 5.10 Å². The summed E-state index contributed by atoms with van der Waals surface area (Å²) in [6.45, 7) is 4.46. The van der Waals surface area contributed by atoms with Gasteiger partial charge in [-0.25, -0.2) is 0 Å². The molecule has 110 valence electrons. The molecule has 0 aliphatic carbocycles. The fourth-order valence-corrected chi connectivity index (χ4v) is 6.07. The van der Waals surface area contributed by atoms with Crippen LogP contribution in [0.15, 0.2) is 51.8 Å². The number of thioether (sulfide) groups is 2. The SMILES string of the molecule is Cc1ccc(SC2C/C(=N/Nc3ccccc3)SC2C)s1. The maximum Gasteiger partial charge on any atom is 0.0950 e. The number of hydrogen-bond acceptors (Lipinski definition) is 5. The smallest absolute Gasteiger partial charge is 0.0950 e. The fraction of sp³-hybridized carbons (Fsp3) is 0.312. The molecule has 1 aromatic carbocycles. The molecule has 5 heteroatoms. The number of para-hydroxylation sites is 1. The average molecular weight is 335 g/mol. The molecule has 2 heterocycles. The van der Waals surface area contributed by atoms with Crippen molar-refractivity contribution in [3.63, 3.8) is 0 Å². The van der Waals surface area contributed by atoms with Crippen LogP contribution in [0.1, 0.15) is 18.2 Å². The van der Waals surface area contributed by atoms with E-state index in [1.54, 1.807) is 0 Å². The lowest BCUT2D eigenvalue weighted by Crippen LogP contribution is -2.08. The zero-order chi connectivity index (χ0) is 14.7. The fourth-order valence-electron chi connectivity index (χ4n) is 2.15. The van der Waals surface area contributed by atoms with Crippen LogP contribution in [0.4, 0.5) is 5.69 Å². The van der Waals surface area contributed by atoms with Gasteiger partial charge in [0.15, 0.2) is 0 Å². The standard InChI is InChI=1S/C16H18N2S3/c1-11-8-9-16(19-11)21-14-10-15(20-12(14)2)18-17-13-6-4-3-5-7-13/h3-9,12,14,17H,10H2,1-2H3/b18-15-. The second kappa shape index (κ2) is 6.90. The van der Waals surface area contributed by atoms with E-state index in [1.165, 1.54) is 14.1 Å². The van der Waals surface area contributed by atoms with Gasteiger partial charge >= 0.3 is 0 Å². The van der Waals surface area contributed by atoms with Gasteiger partial charge in [-0.05, 0) is 31.2 Å². The van der Waals surface area contributed by atoms with E-state index < -0.39 is 0 Å². The van der Waals surface area contributed by atoms with Crippen LogP contribution in [0.2, 0.25) is 0 Å². The molecular formula is C16H18N2S3. The maximum absolute atomic E-state index is 4.56. The molecule has 1 aliphatic heterocycles. The van der Waals surface area contributed by atoms with Gasteiger partial charge in [0.05, 0.1) is 14.9 Å². The molecule has 2 nitrogen and oxygen atoms in total. The summed E-state index contributed by atoms with van der Waals surface area (Å²) in [6.07, 6.45) is 1.05. The summed E-state index contributed by atoms with van der Waals surface area (Å²) in [5.41, 5.74) is 4.20. The van der Waals surface area contributed by atoms with Crippen molar-refractivity contribution in [2.45, 2.75) is 35.0 Å². The number of anilines is 1. The number of hydrogen-bond donors (Lipinski definition) is 1. The summed E-state index contributed by atoms with van der Waals surface area (Å²) in [5, 5.41) is 6.99. The Morgan fingerprint density at radius 3 is 2.71 bits per heavy atom. The van der Waals surface area contributed by atoms with Crippen molar-refractivity contribution in [2.75, 3.05) is 5.43 Å². The number of nitrogens with zero attached hydrogens (tertiary/aromatic N) is 1. The minimum Gasteiger partial charge on any atom is -0.278 e.